The van der Waals surface area contributed by atoms with E-state index in [4.69, 9.17) is 14.6 Å². The van der Waals surface area contributed by atoms with Crippen molar-refractivity contribution in [1.82, 2.24) is 39.5 Å². The molecule has 208 valence electrons. The van der Waals surface area contributed by atoms with Gasteiger partial charge in [0, 0.05) is 31.6 Å². The van der Waals surface area contributed by atoms with Gasteiger partial charge in [-0.15, -0.1) is 0 Å². The highest BCUT2D eigenvalue weighted by molar-refractivity contribution is 5.91. The minimum atomic E-state index is -4.51. The number of aromatic nitrogens is 8. The summed E-state index contributed by atoms with van der Waals surface area (Å²) < 4.78 is 53.4. The maximum atomic E-state index is 13.1. The third kappa shape index (κ3) is 5.64. The van der Waals surface area contributed by atoms with Gasteiger partial charge >= 0.3 is 6.18 Å². The Morgan fingerprint density at radius 1 is 1.00 bits per heavy atom. The van der Waals surface area contributed by atoms with Gasteiger partial charge in [-0.2, -0.15) is 28.4 Å². The second-order valence-corrected chi connectivity index (χ2v) is 9.11. The number of hydrogen-bond donors (Lipinski definition) is 0. The van der Waals surface area contributed by atoms with E-state index in [1.807, 2.05) is 12.1 Å². The number of alkyl halides is 3. The van der Waals surface area contributed by atoms with Gasteiger partial charge in [-0.1, -0.05) is 19.1 Å². The predicted molar refractivity (Wildman–Crippen MR) is 140 cm³/mol. The maximum Gasteiger partial charge on any atom is 0.435 e. The van der Waals surface area contributed by atoms with E-state index in [2.05, 4.69) is 32.0 Å². The summed E-state index contributed by atoms with van der Waals surface area (Å²) in [7, 11) is 1.60. The van der Waals surface area contributed by atoms with Crippen LogP contribution in [0.3, 0.4) is 0 Å². The summed E-state index contributed by atoms with van der Waals surface area (Å²) in [6.45, 7) is 4.70. The third-order valence-corrected chi connectivity index (χ3v) is 6.16. The van der Waals surface area contributed by atoms with E-state index in [1.54, 1.807) is 43.2 Å². The zero-order valence-electron chi connectivity index (χ0n) is 22.2. The van der Waals surface area contributed by atoms with E-state index in [0.29, 0.717) is 71.6 Å². The van der Waals surface area contributed by atoms with E-state index in [-0.39, 0.29) is 0 Å². The second-order valence-electron chi connectivity index (χ2n) is 9.11. The summed E-state index contributed by atoms with van der Waals surface area (Å²) in [6.07, 6.45) is 1.93. The monoisotopic (exact) mass is 552 g/mol. The summed E-state index contributed by atoms with van der Waals surface area (Å²) in [5.74, 6) is 1.08. The molecule has 13 heteroatoms. The molecule has 0 amide bonds. The van der Waals surface area contributed by atoms with Crippen molar-refractivity contribution in [2.45, 2.75) is 39.4 Å². The fourth-order valence-corrected chi connectivity index (χ4v) is 4.26. The first kappa shape index (κ1) is 27.2. The molecule has 0 aliphatic heterocycles. The molecule has 0 saturated carbocycles. The van der Waals surface area contributed by atoms with Gasteiger partial charge in [0.1, 0.15) is 24.5 Å². The van der Waals surface area contributed by atoms with Gasteiger partial charge in [-0.3, -0.25) is 0 Å². The van der Waals surface area contributed by atoms with E-state index in [0.717, 1.165) is 18.1 Å². The minimum Gasteiger partial charge on any atom is -0.475 e. The summed E-state index contributed by atoms with van der Waals surface area (Å²) in [5, 5.41) is 9.25. The largest absolute Gasteiger partial charge is 0.475 e. The van der Waals surface area contributed by atoms with Crippen LogP contribution < -0.4 is 4.74 Å². The highest BCUT2D eigenvalue weighted by Crippen LogP contribution is 2.33. The van der Waals surface area contributed by atoms with Crippen molar-refractivity contribution in [3.8, 4) is 22.8 Å². The summed E-state index contributed by atoms with van der Waals surface area (Å²) >= 11 is 0. The number of benzene rings is 1. The van der Waals surface area contributed by atoms with E-state index in [1.165, 1.54) is 11.0 Å². The van der Waals surface area contributed by atoms with Gasteiger partial charge < -0.3 is 9.47 Å². The van der Waals surface area contributed by atoms with Crippen LogP contribution in [0.1, 0.15) is 36.1 Å². The first-order valence-corrected chi connectivity index (χ1v) is 12.7. The zero-order valence-corrected chi connectivity index (χ0v) is 22.2. The number of halogens is 3. The molecule has 0 aliphatic carbocycles. The molecule has 0 N–H and O–H groups in total. The van der Waals surface area contributed by atoms with Crippen LogP contribution in [-0.2, 0) is 23.9 Å². The average molecular weight is 553 g/mol. The second kappa shape index (κ2) is 11.4. The summed E-state index contributed by atoms with van der Waals surface area (Å²) in [4.78, 5) is 17.8. The molecule has 5 aromatic rings. The molecule has 4 aromatic heterocycles. The molecule has 5 rings (SSSR count). The van der Waals surface area contributed by atoms with Crippen LogP contribution in [-0.4, -0.2) is 59.8 Å². The van der Waals surface area contributed by atoms with Crippen molar-refractivity contribution in [2.75, 3.05) is 20.3 Å². The molecule has 0 bridgehead atoms. The van der Waals surface area contributed by atoms with E-state index in [9.17, 15) is 13.2 Å². The number of nitrogens with zero attached hydrogens (tertiary/aromatic N) is 8. The smallest absolute Gasteiger partial charge is 0.435 e. The molecule has 0 fully saturated rings. The molecular weight excluding hydrogens is 525 g/mol. The van der Waals surface area contributed by atoms with Gasteiger partial charge in [-0.05, 0) is 37.1 Å². The lowest BCUT2D eigenvalue weighted by atomic mass is 10.2. The first-order valence-electron chi connectivity index (χ1n) is 12.7. The van der Waals surface area contributed by atoms with Crippen molar-refractivity contribution in [3.05, 3.63) is 71.8 Å². The maximum absolute atomic E-state index is 13.1. The Morgan fingerprint density at radius 3 is 2.50 bits per heavy atom. The topological polar surface area (TPSA) is 106 Å². The Bertz CT molecular complexity index is 1610. The van der Waals surface area contributed by atoms with Crippen LogP contribution in [0.4, 0.5) is 13.2 Å². The van der Waals surface area contributed by atoms with E-state index >= 15 is 0 Å². The van der Waals surface area contributed by atoms with E-state index < -0.39 is 11.9 Å². The van der Waals surface area contributed by atoms with Crippen molar-refractivity contribution < 1.29 is 22.6 Å². The van der Waals surface area contributed by atoms with Gasteiger partial charge in [0.15, 0.2) is 11.3 Å². The SMILES string of the molecule is CCCc1ncc(-c2nn(Cc3ccc(-n4nc(C(F)(F)F)cc4C)cc3)c3ncncc23)c(OCCOC)n1. The van der Waals surface area contributed by atoms with Crippen molar-refractivity contribution in [2.24, 2.45) is 0 Å². The van der Waals surface area contributed by atoms with Gasteiger partial charge in [-0.25, -0.2) is 24.3 Å². The van der Waals surface area contributed by atoms with Crippen molar-refractivity contribution in [1.29, 1.82) is 0 Å². The van der Waals surface area contributed by atoms with Crippen LogP contribution in [0.15, 0.2) is 49.1 Å². The molecule has 0 saturated heterocycles. The van der Waals surface area contributed by atoms with Crippen molar-refractivity contribution >= 4 is 11.0 Å². The molecular formula is C27H27F3N8O2. The predicted octanol–water partition coefficient (Wildman–Crippen LogP) is 4.82. The Kier molecular flexibility index (Phi) is 7.74. The number of ether oxygens (including phenoxy) is 2. The Morgan fingerprint density at radius 2 is 1.80 bits per heavy atom. The normalized spacial score (nSPS) is 11.8. The highest BCUT2D eigenvalue weighted by Gasteiger charge is 2.34. The van der Waals surface area contributed by atoms with Gasteiger partial charge in [0.2, 0.25) is 5.88 Å². The first-order chi connectivity index (χ1) is 19.3. The summed E-state index contributed by atoms with van der Waals surface area (Å²) in [6, 6.07) is 8.11. The molecule has 10 nitrogen and oxygen atoms in total. The zero-order chi connectivity index (χ0) is 28.3. The fraction of sp³-hybridized carbons (Fsp3) is 0.333. The van der Waals surface area contributed by atoms with Crippen LogP contribution in [0.5, 0.6) is 5.88 Å². The van der Waals surface area contributed by atoms with Gasteiger partial charge in [0.05, 0.1) is 29.8 Å². The third-order valence-electron chi connectivity index (χ3n) is 6.16. The molecule has 1 aromatic carbocycles. The molecule has 0 unspecified atom stereocenters. The lowest BCUT2D eigenvalue weighted by molar-refractivity contribution is -0.141. The standard InChI is InChI=1S/C27H27F3N8O2/c1-4-5-23-32-14-21(26(34-23)40-11-10-39-3)24-20-13-31-16-33-25(20)37(36-24)15-18-6-8-19(9-7-18)38-17(2)12-22(35-38)27(28,29)30/h6-9,12-14,16H,4-5,10-11,15H2,1-3H3. The van der Waals surface area contributed by atoms with Crippen LogP contribution in [0, 0.1) is 6.92 Å². The lowest BCUT2D eigenvalue weighted by Crippen LogP contribution is -2.09. The van der Waals surface area contributed by atoms with Crippen LogP contribution in [0.2, 0.25) is 0 Å². The highest BCUT2D eigenvalue weighted by atomic mass is 19.4. The van der Waals surface area contributed by atoms with Crippen LogP contribution in [0.25, 0.3) is 28.0 Å². The fourth-order valence-electron chi connectivity index (χ4n) is 4.26. The molecule has 0 spiro atoms. The van der Waals surface area contributed by atoms with Gasteiger partial charge in [0.25, 0.3) is 0 Å². The number of methoxy groups -OCH3 is 1. The Hall–Kier alpha value is -4.39. The quantitative estimate of drug-likeness (QED) is 0.227. The number of hydrogen-bond acceptors (Lipinski definition) is 8. The molecule has 40 heavy (non-hydrogen) atoms. The minimum absolute atomic E-state index is 0.313. The average Bonchev–Trinajstić information content (AvgIpc) is 3.51. The summed E-state index contributed by atoms with van der Waals surface area (Å²) in [5.41, 5.74) is 2.63. The number of rotatable bonds is 10. The van der Waals surface area contributed by atoms with Crippen LogP contribution >= 0.6 is 0 Å². The molecule has 0 atom stereocenters. The number of fused-ring (bicyclic) bond motifs is 1. The molecule has 0 radical (unpaired) electrons. The number of aryl methyl sites for hydroxylation is 2. The Balaban J connectivity index is 1.47. The van der Waals surface area contributed by atoms with Crippen molar-refractivity contribution in [3.63, 3.8) is 0 Å². The molecule has 4 heterocycles. The molecule has 0 aliphatic rings. The lowest BCUT2D eigenvalue weighted by Gasteiger charge is -2.10. The Labute approximate surface area is 227 Å².